The number of halogens is 1. The van der Waals surface area contributed by atoms with E-state index in [4.69, 9.17) is 9.73 Å². The Labute approximate surface area is 189 Å². The van der Waals surface area contributed by atoms with Crippen LogP contribution in [0.15, 0.2) is 29.4 Å². The van der Waals surface area contributed by atoms with E-state index in [1.54, 1.807) is 12.1 Å². The summed E-state index contributed by atoms with van der Waals surface area (Å²) in [7, 11) is 0. The van der Waals surface area contributed by atoms with Gasteiger partial charge in [0.2, 0.25) is 0 Å². The molecule has 1 aliphatic carbocycles. The highest BCUT2D eigenvalue weighted by atomic mass is 19.1. The molecule has 7 nitrogen and oxygen atoms in total. The Morgan fingerprint density at radius 1 is 1.19 bits per heavy atom. The molecule has 176 valence electrons. The molecule has 0 bridgehead atoms. The Kier molecular flexibility index (Phi) is 7.99. The summed E-state index contributed by atoms with van der Waals surface area (Å²) in [4.78, 5) is 19.9. The number of nitrogens with zero attached hydrogens (tertiary/aromatic N) is 1. The molecule has 0 radical (unpaired) electrons. The van der Waals surface area contributed by atoms with E-state index in [2.05, 4.69) is 20.9 Å². The molecule has 1 heterocycles. The number of amides is 1. The smallest absolute Gasteiger partial charge is 0.407 e. The Balaban J connectivity index is 1.48. The molecule has 0 saturated heterocycles. The van der Waals surface area contributed by atoms with Gasteiger partial charge in [-0.05, 0) is 83.6 Å². The minimum absolute atomic E-state index is 0.143. The second-order valence-corrected chi connectivity index (χ2v) is 9.35. The van der Waals surface area contributed by atoms with Crippen molar-refractivity contribution in [3.05, 3.63) is 35.8 Å². The Morgan fingerprint density at radius 2 is 1.88 bits per heavy atom. The Bertz CT molecular complexity index is 926. The first-order valence-corrected chi connectivity index (χ1v) is 11.5. The van der Waals surface area contributed by atoms with Gasteiger partial charge in [-0.15, -0.1) is 0 Å². The number of rotatable bonds is 6. The van der Waals surface area contributed by atoms with Crippen LogP contribution in [0.25, 0.3) is 10.9 Å². The first-order chi connectivity index (χ1) is 15.2. The van der Waals surface area contributed by atoms with Crippen LogP contribution in [-0.2, 0) is 11.2 Å². The topological polar surface area (TPSA) is 90.5 Å². The second kappa shape index (κ2) is 10.7. The number of fused-ring (bicyclic) bond motifs is 1. The van der Waals surface area contributed by atoms with Gasteiger partial charge in [0.05, 0.1) is 0 Å². The highest BCUT2D eigenvalue weighted by Crippen LogP contribution is 2.21. The molecule has 0 unspecified atom stereocenters. The molecule has 1 fully saturated rings. The molecule has 32 heavy (non-hydrogen) atoms. The SMILES string of the molecule is CCNC(=NCCc1c[nH]c2ccc(F)cc12)NC1CCC(NC(=O)OC(C)(C)C)CC1. The van der Waals surface area contributed by atoms with E-state index in [-0.39, 0.29) is 18.0 Å². The third-order valence-electron chi connectivity index (χ3n) is 5.51. The van der Waals surface area contributed by atoms with Crippen molar-refractivity contribution in [1.29, 1.82) is 0 Å². The van der Waals surface area contributed by atoms with Crippen molar-refractivity contribution in [3.8, 4) is 0 Å². The zero-order valence-electron chi connectivity index (χ0n) is 19.6. The lowest BCUT2D eigenvalue weighted by molar-refractivity contribution is 0.0490. The van der Waals surface area contributed by atoms with Crippen LogP contribution in [0.2, 0.25) is 0 Å². The number of benzene rings is 1. The van der Waals surface area contributed by atoms with E-state index in [9.17, 15) is 9.18 Å². The fourth-order valence-corrected chi connectivity index (χ4v) is 4.02. The van der Waals surface area contributed by atoms with Gasteiger partial charge in [0.25, 0.3) is 0 Å². The molecule has 0 aliphatic heterocycles. The van der Waals surface area contributed by atoms with E-state index in [0.717, 1.165) is 61.1 Å². The van der Waals surface area contributed by atoms with Gasteiger partial charge in [-0.3, -0.25) is 4.99 Å². The van der Waals surface area contributed by atoms with Gasteiger partial charge in [0.15, 0.2) is 5.96 Å². The number of alkyl carbamates (subject to hydrolysis) is 1. The Hall–Kier alpha value is -2.77. The van der Waals surface area contributed by atoms with Gasteiger partial charge in [-0.2, -0.15) is 0 Å². The van der Waals surface area contributed by atoms with E-state index in [1.807, 2.05) is 33.9 Å². The summed E-state index contributed by atoms with van der Waals surface area (Å²) < 4.78 is 18.9. The molecule has 1 saturated carbocycles. The number of guanidine groups is 1. The number of aliphatic imine (C=N–C) groups is 1. The van der Waals surface area contributed by atoms with Gasteiger partial charge >= 0.3 is 6.09 Å². The van der Waals surface area contributed by atoms with E-state index >= 15 is 0 Å². The molecule has 0 atom stereocenters. The van der Waals surface area contributed by atoms with Crippen LogP contribution in [0.1, 0.15) is 58.9 Å². The van der Waals surface area contributed by atoms with Crippen LogP contribution in [0.5, 0.6) is 0 Å². The minimum Gasteiger partial charge on any atom is -0.444 e. The zero-order chi connectivity index (χ0) is 23.1. The van der Waals surface area contributed by atoms with Crippen molar-refractivity contribution in [1.82, 2.24) is 20.9 Å². The normalized spacial score (nSPS) is 19.6. The molecule has 4 N–H and O–H groups in total. The molecule has 2 aromatic rings. The first kappa shape index (κ1) is 23.9. The maximum atomic E-state index is 13.6. The van der Waals surface area contributed by atoms with Crippen LogP contribution in [0, 0.1) is 5.82 Å². The van der Waals surface area contributed by atoms with Crippen LogP contribution >= 0.6 is 0 Å². The average Bonchev–Trinajstić information content (AvgIpc) is 3.10. The zero-order valence-corrected chi connectivity index (χ0v) is 19.6. The van der Waals surface area contributed by atoms with Crippen molar-refractivity contribution in [2.45, 2.75) is 77.5 Å². The van der Waals surface area contributed by atoms with Crippen LogP contribution in [-0.4, -0.2) is 47.8 Å². The van der Waals surface area contributed by atoms with Crippen LogP contribution < -0.4 is 16.0 Å². The van der Waals surface area contributed by atoms with Crippen LogP contribution in [0.3, 0.4) is 0 Å². The van der Waals surface area contributed by atoms with Crippen molar-refractivity contribution in [2.75, 3.05) is 13.1 Å². The molecular formula is C24H36FN5O2. The minimum atomic E-state index is -0.485. The molecule has 0 spiro atoms. The summed E-state index contributed by atoms with van der Waals surface area (Å²) in [6, 6.07) is 5.25. The van der Waals surface area contributed by atoms with E-state index < -0.39 is 5.60 Å². The number of hydrogen-bond donors (Lipinski definition) is 4. The highest BCUT2D eigenvalue weighted by molar-refractivity contribution is 5.83. The van der Waals surface area contributed by atoms with Crippen LogP contribution in [0.4, 0.5) is 9.18 Å². The predicted molar refractivity (Wildman–Crippen MR) is 126 cm³/mol. The number of carbonyl (C=O) groups is 1. The predicted octanol–water partition coefficient (Wildman–Crippen LogP) is 4.24. The summed E-state index contributed by atoms with van der Waals surface area (Å²) in [5.41, 5.74) is 1.51. The van der Waals surface area contributed by atoms with Gasteiger partial charge in [0, 0.05) is 42.3 Å². The van der Waals surface area contributed by atoms with E-state index in [1.165, 1.54) is 6.07 Å². The fourth-order valence-electron chi connectivity index (χ4n) is 4.02. The molecule has 1 aromatic carbocycles. The summed E-state index contributed by atoms with van der Waals surface area (Å²) in [5, 5.41) is 10.7. The van der Waals surface area contributed by atoms with Gasteiger partial charge in [-0.25, -0.2) is 9.18 Å². The number of aromatic amines is 1. The summed E-state index contributed by atoms with van der Waals surface area (Å²) in [5.74, 6) is 0.565. The number of hydrogen-bond acceptors (Lipinski definition) is 3. The second-order valence-electron chi connectivity index (χ2n) is 9.35. The number of ether oxygens (including phenoxy) is 1. The Morgan fingerprint density at radius 3 is 2.53 bits per heavy atom. The third kappa shape index (κ3) is 7.14. The molecule has 1 amide bonds. The maximum Gasteiger partial charge on any atom is 0.407 e. The van der Waals surface area contributed by atoms with Gasteiger partial charge in [0.1, 0.15) is 11.4 Å². The maximum absolute atomic E-state index is 13.6. The molecular weight excluding hydrogens is 409 g/mol. The van der Waals surface area contributed by atoms with Gasteiger partial charge < -0.3 is 25.7 Å². The fraction of sp³-hybridized carbons (Fsp3) is 0.583. The summed E-state index contributed by atoms with van der Waals surface area (Å²) >= 11 is 0. The third-order valence-corrected chi connectivity index (χ3v) is 5.51. The molecule has 3 rings (SSSR count). The largest absolute Gasteiger partial charge is 0.444 e. The lowest BCUT2D eigenvalue weighted by Gasteiger charge is -2.31. The van der Waals surface area contributed by atoms with Crippen molar-refractivity contribution in [3.63, 3.8) is 0 Å². The number of carbonyl (C=O) groups excluding carboxylic acids is 1. The lowest BCUT2D eigenvalue weighted by atomic mass is 9.91. The molecule has 8 heteroatoms. The standard InChI is InChI=1S/C24H36FN5O2/c1-5-26-22(27-13-12-16-15-28-21-11-6-17(25)14-20(16)21)29-18-7-9-19(10-8-18)30-23(31)32-24(2,3)4/h6,11,14-15,18-19,28H,5,7-10,12-13H2,1-4H3,(H,30,31)(H2,26,27,29). The van der Waals surface area contributed by atoms with Crippen molar-refractivity contribution >= 4 is 23.0 Å². The average molecular weight is 446 g/mol. The number of nitrogens with one attached hydrogen (secondary N) is 4. The van der Waals surface area contributed by atoms with Crippen molar-refractivity contribution in [2.24, 2.45) is 4.99 Å². The lowest BCUT2D eigenvalue weighted by Crippen LogP contribution is -2.48. The highest BCUT2D eigenvalue weighted by Gasteiger charge is 2.25. The number of aromatic nitrogens is 1. The molecule has 1 aliphatic rings. The summed E-state index contributed by atoms with van der Waals surface area (Å²) in [6.07, 6.45) is 6.01. The first-order valence-electron chi connectivity index (χ1n) is 11.5. The number of H-pyrrole nitrogens is 1. The van der Waals surface area contributed by atoms with Crippen molar-refractivity contribution < 1.29 is 13.9 Å². The monoisotopic (exact) mass is 445 g/mol. The quantitative estimate of drug-likeness (QED) is 0.395. The molecule has 1 aromatic heterocycles. The van der Waals surface area contributed by atoms with E-state index in [0.29, 0.717) is 12.6 Å². The van der Waals surface area contributed by atoms with Gasteiger partial charge in [-0.1, -0.05) is 0 Å². The summed E-state index contributed by atoms with van der Waals surface area (Å²) in [6.45, 7) is 9.03.